The summed E-state index contributed by atoms with van der Waals surface area (Å²) in [6.07, 6.45) is 0.569. The van der Waals surface area contributed by atoms with E-state index in [1.54, 1.807) is 30.3 Å². The van der Waals surface area contributed by atoms with Gasteiger partial charge in [-0.15, -0.1) is 0 Å². The summed E-state index contributed by atoms with van der Waals surface area (Å²) in [6, 6.07) is 13.7. The minimum atomic E-state index is -0.776. The Hall–Kier alpha value is -2.66. The lowest BCUT2D eigenvalue weighted by atomic mass is 10.1. The van der Waals surface area contributed by atoms with Crippen molar-refractivity contribution in [2.75, 3.05) is 11.9 Å². The van der Waals surface area contributed by atoms with Crippen molar-refractivity contribution in [3.8, 4) is 0 Å². The van der Waals surface area contributed by atoms with Gasteiger partial charge in [0.15, 0.2) is 5.78 Å². The van der Waals surface area contributed by atoms with E-state index in [1.807, 2.05) is 12.1 Å². The van der Waals surface area contributed by atoms with Crippen LogP contribution in [-0.4, -0.2) is 24.1 Å². The van der Waals surface area contributed by atoms with Crippen LogP contribution >= 0.6 is 11.6 Å². The number of Topliss-reactive ketones (excluding diaryl/α,β-unsaturated/α-hetero) is 1. The summed E-state index contributed by atoms with van der Waals surface area (Å²) in [6.45, 7) is 1.75. The molecular formula is C18H17ClN2O3. The van der Waals surface area contributed by atoms with E-state index in [9.17, 15) is 14.4 Å². The third-order valence-corrected chi connectivity index (χ3v) is 3.56. The summed E-state index contributed by atoms with van der Waals surface area (Å²) in [5.74, 6) is -1.62. The van der Waals surface area contributed by atoms with Crippen LogP contribution in [0.15, 0.2) is 48.5 Å². The van der Waals surface area contributed by atoms with Gasteiger partial charge >= 0.3 is 11.8 Å². The smallest absolute Gasteiger partial charge is 0.313 e. The second-order valence-electron chi connectivity index (χ2n) is 5.23. The van der Waals surface area contributed by atoms with Gasteiger partial charge in [0.2, 0.25) is 0 Å². The van der Waals surface area contributed by atoms with Gasteiger partial charge in [0.25, 0.3) is 0 Å². The zero-order valence-corrected chi connectivity index (χ0v) is 13.9. The molecule has 0 heterocycles. The molecule has 6 heteroatoms. The molecule has 2 aromatic rings. The van der Waals surface area contributed by atoms with Crippen molar-refractivity contribution in [2.45, 2.75) is 13.3 Å². The van der Waals surface area contributed by atoms with Gasteiger partial charge in [0, 0.05) is 22.8 Å². The standard InChI is InChI=1S/C18H17ClN2O3/c1-12(22)14-5-3-7-16(11-14)21-18(24)17(23)20-9-8-13-4-2-6-15(19)10-13/h2-7,10-11H,8-9H2,1H3,(H,20,23)(H,21,24). The van der Waals surface area contributed by atoms with Gasteiger partial charge in [0.05, 0.1) is 0 Å². The molecule has 124 valence electrons. The number of amides is 2. The third kappa shape index (κ3) is 5.21. The van der Waals surface area contributed by atoms with Crippen LogP contribution in [0.4, 0.5) is 5.69 Å². The first-order valence-electron chi connectivity index (χ1n) is 7.40. The molecule has 0 bridgehead atoms. The average molecular weight is 345 g/mol. The van der Waals surface area contributed by atoms with E-state index >= 15 is 0 Å². The van der Waals surface area contributed by atoms with E-state index in [0.29, 0.717) is 29.2 Å². The van der Waals surface area contributed by atoms with Crippen molar-refractivity contribution in [1.82, 2.24) is 5.32 Å². The first-order valence-corrected chi connectivity index (χ1v) is 7.78. The monoisotopic (exact) mass is 344 g/mol. The molecule has 2 N–H and O–H groups in total. The van der Waals surface area contributed by atoms with Gasteiger partial charge < -0.3 is 10.6 Å². The topological polar surface area (TPSA) is 75.3 Å². The molecule has 0 saturated carbocycles. The van der Waals surface area contributed by atoms with Crippen molar-refractivity contribution in [3.63, 3.8) is 0 Å². The van der Waals surface area contributed by atoms with Gasteiger partial charge in [0.1, 0.15) is 0 Å². The van der Waals surface area contributed by atoms with Crippen LogP contribution in [0.25, 0.3) is 0 Å². The van der Waals surface area contributed by atoms with Crippen LogP contribution in [0.5, 0.6) is 0 Å². The first-order chi connectivity index (χ1) is 11.5. The number of ketones is 1. The SMILES string of the molecule is CC(=O)c1cccc(NC(=O)C(=O)NCCc2cccc(Cl)c2)c1. The lowest BCUT2D eigenvalue weighted by Gasteiger charge is -2.07. The molecule has 2 aromatic carbocycles. The molecule has 0 fully saturated rings. The molecule has 2 amide bonds. The summed E-state index contributed by atoms with van der Waals surface area (Å²) >= 11 is 5.89. The Morgan fingerprint density at radius 3 is 2.46 bits per heavy atom. The maximum Gasteiger partial charge on any atom is 0.313 e. The van der Waals surface area contributed by atoms with Crippen LogP contribution < -0.4 is 10.6 Å². The van der Waals surface area contributed by atoms with E-state index in [2.05, 4.69) is 10.6 Å². The molecular weight excluding hydrogens is 328 g/mol. The quantitative estimate of drug-likeness (QED) is 0.647. The molecule has 0 unspecified atom stereocenters. The molecule has 0 atom stereocenters. The minimum absolute atomic E-state index is 0.114. The number of rotatable bonds is 5. The highest BCUT2D eigenvalue weighted by Gasteiger charge is 2.13. The molecule has 0 aromatic heterocycles. The largest absolute Gasteiger partial charge is 0.347 e. The highest BCUT2D eigenvalue weighted by Crippen LogP contribution is 2.12. The van der Waals surface area contributed by atoms with Gasteiger partial charge in [-0.2, -0.15) is 0 Å². The summed E-state index contributed by atoms with van der Waals surface area (Å²) in [4.78, 5) is 35.0. The van der Waals surface area contributed by atoms with Crippen LogP contribution in [0, 0.1) is 0 Å². The fourth-order valence-corrected chi connectivity index (χ4v) is 2.31. The Bertz CT molecular complexity index is 774. The number of halogens is 1. The first kappa shape index (κ1) is 17.7. The van der Waals surface area contributed by atoms with Gasteiger partial charge in [-0.3, -0.25) is 14.4 Å². The molecule has 2 rings (SSSR count). The lowest BCUT2D eigenvalue weighted by Crippen LogP contribution is -2.36. The van der Waals surface area contributed by atoms with Crippen molar-refractivity contribution < 1.29 is 14.4 Å². The Balaban J connectivity index is 1.85. The van der Waals surface area contributed by atoms with Crippen LogP contribution in [0.1, 0.15) is 22.8 Å². The number of benzene rings is 2. The number of carbonyl (C=O) groups excluding carboxylic acids is 3. The molecule has 5 nitrogen and oxygen atoms in total. The summed E-state index contributed by atoms with van der Waals surface area (Å²) in [5.41, 5.74) is 1.84. The second-order valence-corrected chi connectivity index (χ2v) is 5.66. The third-order valence-electron chi connectivity index (χ3n) is 3.32. The van der Waals surface area contributed by atoms with Gasteiger partial charge in [-0.1, -0.05) is 35.9 Å². The Morgan fingerprint density at radius 2 is 1.75 bits per heavy atom. The van der Waals surface area contributed by atoms with Crippen molar-refractivity contribution in [1.29, 1.82) is 0 Å². The van der Waals surface area contributed by atoms with E-state index < -0.39 is 11.8 Å². The fourth-order valence-electron chi connectivity index (χ4n) is 2.10. The maximum atomic E-state index is 11.9. The summed E-state index contributed by atoms with van der Waals surface area (Å²) in [7, 11) is 0. The van der Waals surface area contributed by atoms with Crippen LogP contribution in [-0.2, 0) is 16.0 Å². The van der Waals surface area contributed by atoms with Gasteiger partial charge in [-0.25, -0.2) is 0 Å². The zero-order chi connectivity index (χ0) is 17.5. The predicted octanol–water partition coefficient (Wildman–Crippen LogP) is 2.84. The molecule has 0 saturated heterocycles. The number of nitrogens with one attached hydrogen (secondary N) is 2. The van der Waals surface area contributed by atoms with E-state index in [0.717, 1.165) is 5.56 Å². The highest BCUT2D eigenvalue weighted by atomic mass is 35.5. The average Bonchev–Trinajstić information content (AvgIpc) is 2.55. The minimum Gasteiger partial charge on any atom is -0.347 e. The Morgan fingerprint density at radius 1 is 1.00 bits per heavy atom. The zero-order valence-electron chi connectivity index (χ0n) is 13.1. The van der Waals surface area contributed by atoms with Crippen LogP contribution in [0.2, 0.25) is 5.02 Å². The van der Waals surface area contributed by atoms with E-state index in [1.165, 1.54) is 13.0 Å². The van der Waals surface area contributed by atoms with Crippen molar-refractivity contribution in [3.05, 3.63) is 64.7 Å². The molecule has 24 heavy (non-hydrogen) atoms. The second kappa shape index (κ2) is 8.26. The molecule has 0 aliphatic rings. The van der Waals surface area contributed by atoms with E-state index in [4.69, 9.17) is 11.6 Å². The molecule has 0 radical (unpaired) electrons. The Labute approximate surface area is 145 Å². The molecule has 0 spiro atoms. The number of anilines is 1. The number of carbonyl (C=O) groups is 3. The lowest BCUT2D eigenvalue weighted by molar-refractivity contribution is -0.136. The molecule has 0 aliphatic carbocycles. The highest BCUT2D eigenvalue weighted by molar-refractivity contribution is 6.39. The Kier molecular flexibility index (Phi) is 6.09. The van der Waals surface area contributed by atoms with Crippen LogP contribution in [0.3, 0.4) is 0 Å². The number of hydrogen-bond donors (Lipinski definition) is 2. The fraction of sp³-hybridized carbons (Fsp3) is 0.167. The predicted molar refractivity (Wildman–Crippen MR) is 93.2 cm³/mol. The number of hydrogen-bond acceptors (Lipinski definition) is 3. The maximum absolute atomic E-state index is 11.9. The van der Waals surface area contributed by atoms with Crippen molar-refractivity contribution in [2.24, 2.45) is 0 Å². The summed E-state index contributed by atoms with van der Waals surface area (Å²) < 4.78 is 0. The summed E-state index contributed by atoms with van der Waals surface area (Å²) in [5, 5.41) is 5.64. The van der Waals surface area contributed by atoms with E-state index in [-0.39, 0.29) is 5.78 Å². The molecule has 0 aliphatic heterocycles. The normalized spacial score (nSPS) is 10.1. The van der Waals surface area contributed by atoms with Gasteiger partial charge in [-0.05, 0) is 43.2 Å². The van der Waals surface area contributed by atoms with Crippen molar-refractivity contribution >= 4 is 34.9 Å².